The summed E-state index contributed by atoms with van der Waals surface area (Å²) in [5, 5.41) is 33.4. The molecule has 2 saturated heterocycles. The average molecular weight is 396 g/mol. The lowest BCUT2D eigenvalue weighted by atomic mass is 9.86. The van der Waals surface area contributed by atoms with Crippen LogP contribution in [-0.2, 0) is 17.7 Å². The normalized spacial score (nSPS) is 36.0. The summed E-state index contributed by atoms with van der Waals surface area (Å²) < 4.78 is 7.78. The molecule has 1 aromatic rings. The Labute approximate surface area is 163 Å². The molecule has 0 aromatic carbocycles. The van der Waals surface area contributed by atoms with E-state index in [4.69, 9.17) is 4.74 Å². The Kier molecular flexibility index (Phi) is 6.01. The van der Waals surface area contributed by atoms with E-state index in [-0.39, 0.29) is 11.5 Å². The van der Waals surface area contributed by atoms with Crippen molar-refractivity contribution in [1.29, 1.82) is 0 Å². The molecule has 3 N–H and O–H groups in total. The van der Waals surface area contributed by atoms with Crippen LogP contribution in [0.1, 0.15) is 44.7 Å². The van der Waals surface area contributed by atoms with Crippen LogP contribution < -0.4 is 5.32 Å². The minimum absolute atomic E-state index is 0.260. The van der Waals surface area contributed by atoms with Crippen molar-refractivity contribution in [2.45, 2.75) is 81.8 Å². The molecular formula is C18H29N5O3S. The Morgan fingerprint density at radius 3 is 2.89 bits per heavy atom. The highest BCUT2D eigenvalue weighted by Crippen LogP contribution is 2.34. The Morgan fingerprint density at radius 2 is 2.11 bits per heavy atom. The third-order valence-corrected chi connectivity index (χ3v) is 6.80. The smallest absolute Gasteiger partial charge is 0.159 e. The van der Waals surface area contributed by atoms with Gasteiger partial charge in [-0.25, -0.2) is 4.68 Å². The van der Waals surface area contributed by atoms with Gasteiger partial charge in [-0.05, 0) is 19.3 Å². The molecule has 27 heavy (non-hydrogen) atoms. The first-order valence-corrected chi connectivity index (χ1v) is 10.9. The molecule has 5 unspecified atom stereocenters. The predicted octanol–water partition coefficient (Wildman–Crippen LogP) is 0.928. The first-order valence-electron chi connectivity index (χ1n) is 10.0. The predicted molar refractivity (Wildman–Crippen MR) is 103 cm³/mol. The Hall–Kier alpha value is -1.16. The fourth-order valence-corrected chi connectivity index (χ4v) is 5.44. The summed E-state index contributed by atoms with van der Waals surface area (Å²) in [7, 11) is 0. The fraction of sp³-hybridized carbons (Fsp3) is 0.833. The van der Waals surface area contributed by atoms with E-state index >= 15 is 0 Å². The standard InChI is InChI=1S/C18H29N5O3S/c1-2-19-18-20-14-16(25)15(24)13(26-17(14)27-18)10-23-9-12(21-22-23)8-11-6-4-3-5-7-11/h9,11,13-17,24-25H,2-8,10H2,1H3,(H,19,20). The van der Waals surface area contributed by atoms with Crippen LogP contribution in [0.25, 0.3) is 0 Å². The second kappa shape index (κ2) is 8.46. The van der Waals surface area contributed by atoms with Crippen LogP contribution in [0.2, 0.25) is 0 Å². The summed E-state index contributed by atoms with van der Waals surface area (Å²) in [6, 6.07) is -0.343. The number of hydrogen-bond acceptors (Lipinski definition) is 7. The highest BCUT2D eigenvalue weighted by molar-refractivity contribution is 8.14. The van der Waals surface area contributed by atoms with Crippen LogP contribution in [0.4, 0.5) is 0 Å². The summed E-state index contributed by atoms with van der Waals surface area (Å²) in [6.45, 7) is 3.00. The summed E-state index contributed by atoms with van der Waals surface area (Å²) in [4.78, 5) is 4.34. The molecular weight excluding hydrogens is 366 g/mol. The minimum atomic E-state index is -0.980. The maximum Gasteiger partial charge on any atom is 0.159 e. The maximum atomic E-state index is 10.5. The zero-order valence-corrected chi connectivity index (χ0v) is 16.5. The highest BCUT2D eigenvalue weighted by atomic mass is 32.2. The molecule has 1 aromatic heterocycles. The van der Waals surface area contributed by atoms with Crippen molar-refractivity contribution < 1.29 is 14.9 Å². The molecule has 1 aliphatic carbocycles. The van der Waals surface area contributed by atoms with Gasteiger partial charge in [0.15, 0.2) is 5.17 Å². The Bertz CT molecular complexity index is 663. The number of hydrogen-bond donors (Lipinski definition) is 3. The first-order chi connectivity index (χ1) is 13.1. The second-order valence-electron chi connectivity index (χ2n) is 7.73. The molecule has 0 amide bonds. The molecule has 9 heteroatoms. The molecule has 0 bridgehead atoms. The molecule has 3 heterocycles. The van der Waals surface area contributed by atoms with Crippen LogP contribution >= 0.6 is 11.8 Å². The van der Waals surface area contributed by atoms with Gasteiger partial charge in [-0.1, -0.05) is 49.1 Å². The molecule has 4 rings (SSSR count). The minimum Gasteiger partial charge on any atom is -0.388 e. The van der Waals surface area contributed by atoms with Gasteiger partial charge in [0, 0.05) is 12.7 Å². The van der Waals surface area contributed by atoms with Crippen molar-refractivity contribution in [2.75, 3.05) is 6.54 Å². The lowest BCUT2D eigenvalue weighted by molar-refractivity contribution is -0.160. The summed E-state index contributed by atoms with van der Waals surface area (Å²) >= 11 is 1.47. The van der Waals surface area contributed by atoms with Gasteiger partial charge in [0.05, 0.1) is 18.3 Å². The monoisotopic (exact) mass is 395 g/mol. The number of amidine groups is 1. The van der Waals surface area contributed by atoms with Gasteiger partial charge in [0.1, 0.15) is 23.7 Å². The van der Waals surface area contributed by atoms with E-state index in [1.54, 1.807) is 4.68 Å². The van der Waals surface area contributed by atoms with E-state index in [9.17, 15) is 10.2 Å². The van der Waals surface area contributed by atoms with Gasteiger partial charge in [-0.15, -0.1) is 5.10 Å². The summed E-state index contributed by atoms with van der Waals surface area (Å²) in [6.07, 6.45) is 7.04. The number of ether oxygens (including phenoxy) is 1. The van der Waals surface area contributed by atoms with Crippen molar-refractivity contribution in [3.8, 4) is 0 Å². The van der Waals surface area contributed by atoms with E-state index in [1.807, 2.05) is 13.1 Å². The van der Waals surface area contributed by atoms with E-state index in [0.29, 0.717) is 19.0 Å². The van der Waals surface area contributed by atoms with Gasteiger partial charge in [0.25, 0.3) is 0 Å². The van der Waals surface area contributed by atoms with E-state index in [0.717, 1.165) is 17.3 Å². The number of nitrogens with zero attached hydrogens (tertiary/aromatic N) is 4. The number of aliphatic hydroxyl groups is 2. The van der Waals surface area contributed by atoms with Gasteiger partial charge in [-0.3, -0.25) is 4.99 Å². The lowest BCUT2D eigenvalue weighted by Gasteiger charge is -2.38. The largest absolute Gasteiger partial charge is 0.388 e. The third-order valence-electron chi connectivity index (χ3n) is 5.70. The van der Waals surface area contributed by atoms with E-state index in [2.05, 4.69) is 20.6 Å². The fourth-order valence-electron chi connectivity index (χ4n) is 4.24. The Morgan fingerprint density at radius 1 is 1.30 bits per heavy atom. The maximum absolute atomic E-state index is 10.5. The highest BCUT2D eigenvalue weighted by Gasteiger charge is 2.49. The molecule has 5 atom stereocenters. The number of nitrogens with one attached hydrogen (secondary N) is 1. The second-order valence-corrected chi connectivity index (χ2v) is 8.82. The quantitative estimate of drug-likeness (QED) is 0.681. The number of aliphatic imine (C=N–C) groups is 1. The molecule has 2 aliphatic heterocycles. The SMILES string of the molecule is CCN=C1NC2C(OC(Cn3cc(CC4CCCCC4)nn3)C(O)C2O)S1. The molecule has 3 aliphatic rings. The first kappa shape index (κ1) is 19.2. The van der Waals surface area contributed by atoms with Crippen molar-refractivity contribution in [2.24, 2.45) is 10.9 Å². The topological polar surface area (TPSA) is 105 Å². The van der Waals surface area contributed by atoms with Crippen LogP contribution in [0.3, 0.4) is 0 Å². The van der Waals surface area contributed by atoms with Crippen LogP contribution in [0.5, 0.6) is 0 Å². The summed E-state index contributed by atoms with van der Waals surface area (Å²) in [5.74, 6) is 0.709. The van der Waals surface area contributed by atoms with Gasteiger partial charge < -0.3 is 20.3 Å². The number of rotatable bonds is 5. The number of aromatic nitrogens is 3. The molecule has 8 nitrogen and oxygen atoms in total. The molecule has 3 fully saturated rings. The molecule has 150 valence electrons. The van der Waals surface area contributed by atoms with Crippen molar-refractivity contribution in [1.82, 2.24) is 20.3 Å². The molecule has 0 spiro atoms. The Balaban J connectivity index is 1.37. The number of thioether (sulfide) groups is 1. The van der Waals surface area contributed by atoms with Gasteiger partial charge >= 0.3 is 0 Å². The molecule has 0 radical (unpaired) electrons. The third kappa shape index (κ3) is 4.31. The number of aliphatic hydroxyl groups excluding tert-OH is 2. The summed E-state index contributed by atoms with van der Waals surface area (Å²) in [5.41, 5.74) is 0.740. The van der Waals surface area contributed by atoms with Crippen molar-refractivity contribution >= 4 is 16.9 Å². The van der Waals surface area contributed by atoms with Crippen LogP contribution in [0, 0.1) is 5.92 Å². The van der Waals surface area contributed by atoms with Crippen molar-refractivity contribution in [3.05, 3.63) is 11.9 Å². The van der Waals surface area contributed by atoms with Gasteiger partial charge in [0.2, 0.25) is 0 Å². The van der Waals surface area contributed by atoms with Crippen LogP contribution in [0.15, 0.2) is 11.2 Å². The number of fused-ring (bicyclic) bond motifs is 1. The lowest BCUT2D eigenvalue weighted by Crippen LogP contribution is -2.59. The van der Waals surface area contributed by atoms with E-state index in [1.165, 1.54) is 43.9 Å². The van der Waals surface area contributed by atoms with E-state index < -0.39 is 18.3 Å². The zero-order chi connectivity index (χ0) is 18.8. The van der Waals surface area contributed by atoms with Gasteiger partial charge in [-0.2, -0.15) is 0 Å². The average Bonchev–Trinajstić information content (AvgIpc) is 3.27. The van der Waals surface area contributed by atoms with Crippen LogP contribution in [-0.4, -0.2) is 66.7 Å². The zero-order valence-electron chi connectivity index (χ0n) is 15.7. The van der Waals surface area contributed by atoms with Crippen molar-refractivity contribution in [3.63, 3.8) is 0 Å². The molecule has 1 saturated carbocycles.